The van der Waals surface area contributed by atoms with Gasteiger partial charge in [-0.15, -0.1) is 0 Å². The Hall–Kier alpha value is -1.78. The van der Waals surface area contributed by atoms with Gasteiger partial charge in [0, 0.05) is 18.8 Å². The molecule has 0 aliphatic carbocycles. The van der Waals surface area contributed by atoms with Gasteiger partial charge in [0.15, 0.2) is 11.6 Å². The third-order valence-electron chi connectivity index (χ3n) is 1.88. The summed E-state index contributed by atoms with van der Waals surface area (Å²) in [5.41, 5.74) is 0.539. The van der Waals surface area contributed by atoms with Crippen molar-refractivity contribution < 1.29 is 13.9 Å². The van der Waals surface area contributed by atoms with Crippen molar-refractivity contribution in [2.24, 2.45) is 0 Å². The molecule has 0 bridgehead atoms. The van der Waals surface area contributed by atoms with Crippen molar-refractivity contribution in [3.05, 3.63) is 24.0 Å². The molecule has 1 aromatic carbocycles. The zero-order valence-corrected chi connectivity index (χ0v) is 8.63. The van der Waals surface area contributed by atoms with Crippen LogP contribution in [0.4, 0.5) is 10.1 Å². The zero-order valence-electron chi connectivity index (χ0n) is 8.63. The van der Waals surface area contributed by atoms with Crippen molar-refractivity contribution in [3.63, 3.8) is 0 Å². The fourth-order valence-corrected chi connectivity index (χ4v) is 1.05. The minimum atomic E-state index is -0.459. The smallest absolute Gasteiger partial charge is 0.239 e. The maximum Gasteiger partial charge on any atom is 0.239 e. The van der Waals surface area contributed by atoms with E-state index in [-0.39, 0.29) is 18.2 Å². The van der Waals surface area contributed by atoms with Crippen molar-refractivity contribution in [1.82, 2.24) is 5.32 Å². The summed E-state index contributed by atoms with van der Waals surface area (Å²) in [5, 5.41) is 5.23. The van der Waals surface area contributed by atoms with Crippen LogP contribution < -0.4 is 15.4 Å². The van der Waals surface area contributed by atoms with Gasteiger partial charge >= 0.3 is 0 Å². The molecule has 0 saturated heterocycles. The first-order chi connectivity index (χ1) is 7.17. The minimum Gasteiger partial charge on any atom is -0.494 e. The SMILES string of the molecule is CNC(=O)CNc1ccc(OC)c(F)c1. The largest absolute Gasteiger partial charge is 0.494 e. The normalized spacial score (nSPS) is 9.53. The lowest BCUT2D eigenvalue weighted by Gasteiger charge is -2.07. The molecular weight excluding hydrogens is 199 g/mol. The van der Waals surface area contributed by atoms with Crippen LogP contribution >= 0.6 is 0 Å². The lowest BCUT2D eigenvalue weighted by molar-refractivity contribution is -0.118. The standard InChI is InChI=1S/C10H13FN2O2/c1-12-10(14)6-13-7-3-4-9(15-2)8(11)5-7/h3-5,13H,6H2,1-2H3,(H,12,14). The Morgan fingerprint density at radius 1 is 1.53 bits per heavy atom. The van der Waals surface area contributed by atoms with Gasteiger partial charge in [-0.05, 0) is 12.1 Å². The van der Waals surface area contributed by atoms with E-state index in [2.05, 4.69) is 10.6 Å². The second-order valence-corrected chi connectivity index (χ2v) is 2.88. The third kappa shape index (κ3) is 3.12. The van der Waals surface area contributed by atoms with E-state index in [1.54, 1.807) is 13.1 Å². The number of rotatable bonds is 4. The predicted octanol–water partition coefficient (Wildman–Crippen LogP) is 0.992. The van der Waals surface area contributed by atoms with E-state index in [1.807, 2.05) is 0 Å². The number of nitrogens with one attached hydrogen (secondary N) is 2. The van der Waals surface area contributed by atoms with Crippen LogP contribution in [-0.4, -0.2) is 26.6 Å². The summed E-state index contributed by atoms with van der Waals surface area (Å²) in [6.07, 6.45) is 0. The molecule has 5 heteroatoms. The number of carbonyl (C=O) groups excluding carboxylic acids is 1. The molecule has 4 nitrogen and oxygen atoms in total. The second kappa shape index (κ2) is 5.19. The molecule has 1 rings (SSSR count). The third-order valence-corrected chi connectivity index (χ3v) is 1.88. The molecule has 0 spiro atoms. The molecule has 0 saturated carbocycles. The van der Waals surface area contributed by atoms with Crippen LogP contribution in [0.5, 0.6) is 5.75 Å². The maximum absolute atomic E-state index is 13.2. The zero-order chi connectivity index (χ0) is 11.3. The highest BCUT2D eigenvalue weighted by atomic mass is 19.1. The Kier molecular flexibility index (Phi) is 3.91. The number of benzene rings is 1. The van der Waals surface area contributed by atoms with Crippen LogP contribution in [0, 0.1) is 5.82 Å². The number of methoxy groups -OCH3 is 1. The fraction of sp³-hybridized carbons (Fsp3) is 0.300. The molecule has 0 aliphatic rings. The molecule has 0 fully saturated rings. The van der Waals surface area contributed by atoms with E-state index < -0.39 is 5.82 Å². The number of likely N-dealkylation sites (N-methyl/N-ethyl adjacent to an activating group) is 1. The van der Waals surface area contributed by atoms with Crippen molar-refractivity contribution in [2.45, 2.75) is 0 Å². The molecule has 1 amide bonds. The van der Waals surface area contributed by atoms with E-state index in [0.717, 1.165) is 0 Å². The summed E-state index contributed by atoms with van der Waals surface area (Å²) in [6.45, 7) is 0.113. The van der Waals surface area contributed by atoms with Crippen molar-refractivity contribution in [1.29, 1.82) is 0 Å². The molecule has 0 unspecified atom stereocenters. The van der Waals surface area contributed by atoms with Gasteiger partial charge in [0.25, 0.3) is 0 Å². The topological polar surface area (TPSA) is 50.4 Å². The monoisotopic (exact) mass is 212 g/mol. The number of amides is 1. The number of hydrogen-bond acceptors (Lipinski definition) is 3. The molecule has 1 aromatic rings. The van der Waals surface area contributed by atoms with Crippen LogP contribution in [0.2, 0.25) is 0 Å². The number of carbonyl (C=O) groups is 1. The Morgan fingerprint density at radius 2 is 2.27 bits per heavy atom. The van der Waals surface area contributed by atoms with E-state index in [4.69, 9.17) is 4.74 Å². The molecule has 82 valence electrons. The summed E-state index contributed by atoms with van der Waals surface area (Å²) >= 11 is 0. The summed E-state index contributed by atoms with van der Waals surface area (Å²) in [6, 6.07) is 4.42. The Bertz CT molecular complexity index is 355. The van der Waals surface area contributed by atoms with Gasteiger partial charge in [0.05, 0.1) is 13.7 Å². The van der Waals surface area contributed by atoms with Crippen molar-refractivity contribution >= 4 is 11.6 Å². The molecule has 0 aliphatic heterocycles. The van der Waals surface area contributed by atoms with Crippen LogP contribution in [0.25, 0.3) is 0 Å². The first kappa shape index (κ1) is 11.3. The summed E-state index contributed by atoms with van der Waals surface area (Å²) in [5.74, 6) is -0.439. The van der Waals surface area contributed by atoms with Crippen molar-refractivity contribution in [3.8, 4) is 5.75 Å². The van der Waals surface area contributed by atoms with Gasteiger partial charge in [-0.2, -0.15) is 0 Å². The van der Waals surface area contributed by atoms with Gasteiger partial charge in [-0.3, -0.25) is 4.79 Å². The average molecular weight is 212 g/mol. The minimum absolute atomic E-state index is 0.113. The quantitative estimate of drug-likeness (QED) is 0.782. The summed E-state index contributed by atoms with van der Waals surface area (Å²) < 4.78 is 18.0. The number of anilines is 1. The van der Waals surface area contributed by atoms with Crippen LogP contribution in [0.15, 0.2) is 18.2 Å². The highest BCUT2D eigenvalue weighted by Gasteiger charge is 2.03. The van der Waals surface area contributed by atoms with E-state index in [0.29, 0.717) is 5.69 Å². The van der Waals surface area contributed by atoms with Gasteiger partial charge in [-0.1, -0.05) is 0 Å². The Labute approximate surface area is 87.4 Å². The highest BCUT2D eigenvalue weighted by molar-refractivity contribution is 5.80. The molecule has 0 heterocycles. The van der Waals surface area contributed by atoms with E-state index in [9.17, 15) is 9.18 Å². The van der Waals surface area contributed by atoms with Crippen LogP contribution in [-0.2, 0) is 4.79 Å². The summed E-state index contributed by atoms with van der Waals surface area (Å²) in [7, 11) is 2.94. The van der Waals surface area contributed by atoms with Gasteiger partial charge in [0.1, 0.15) is 0 Å². The average Bonchev–Trinajstić information content (AvgIpc) is 2.26. The number of halogens is 1. The predicted molar refractivity (Wildman–Crippen MR) is 55.5 cm³/mol. The lowest BCUT2D eigenvalue weighted by Crippen LogP contribution is -2.26. The van der Waals surface area contributed by atoms with Gasteiger partial charge < -0.3 is 15.4 Å². The van der Waals surface area contributed by atoms with E-state index in [1.165, 1.54) is 19.2 Å². The Balaban J connectivity index is 2.63. The molecular formula is C10H13FN2O2. The van der Waals surface area contributed by atoms with Crippen molar-refractivity contribution in [2.75, 3.05) is 26.0 Å². The van der Waals surface area contributed by atoms with Gasteiger partial charge in [-0.25, -0.2) is 4.39 Å². The number of ether oxygens (including phenoxy) is 1. The summed E-state index contributed by atoms with van der Waals surface area (Å²) in [4.78, 5) is 10.9. The number of hydrogen-bond donors (Lipinski definition) is 2. The van der Waals surface area contributed by atoms with Gasteiger partial charge in [0.2, 0.25) is 5.91 Å². The Morgan fingerprint density at radius 3 is 2.80 bits per heavy atom. The highest BCUT2D eigenvalue weighted by Crippen LogP contribution is 2.20. The first-order valence-corrected chi connectivity index (χ1v) is 4.45. The second-order valence-electron chi connectivity index (χ2n) is 2.88. The molecule has 15 heavy (non-hydrogen) atoms. The van der Waals surface area contributed by atoms with Crippen LogP contribution in [0.1, 0.15) is 0 Å². The molecule has 2 N–H and O–H groups in total. The lowest BCUT2D eigenvalue weighted by atomic mass is 10.3. The fourth-order valence-electron chi connectivity index (χ4n) is 1.05. The molecule has 0 aromatic heterocycles. The first-order valence-electron chi connectivity index (χ1n) is 4.45. The van der Waals surface area contributed by atoms with Crippen LogP contribution in [0.3, 0.4) is 0 Å². The molecule has 0 radical (unpaired) electrons. The maximum atomic E-state index is 13.2. The molecule has 0 atom stereocenters. The van der Waals surface area contributed by atoms with E-state index >= 15 is 0 Å².